The van der Waals surface area contributed by atoms with Crippen LogP contribution in [0, 0.1) is 0 Å². The molecule has 43 heavy (non-hydrogen) atoms. The first-order valence-electron chi connectivity index (χ1n) is 14.9. The summed E-state index contributed by atoms with van der Waals surface area (Å²) >= 11 is 0. The fourth-order valence-corrected chi connectivity index (χ4v) is 7.30. The SMILES string of the molecule is CC1(C)c2ccccc2-c2c1cc1cccc3c1c2C=CN3c1ccc(-n2c(-c3ccccc3)nc3ccccc32)cc1. The molecule has 3 nitrogen and oxygen atoms in total. The van der Waals surface area contributed by atoms with Gasteiger partial charge >= 0.3 is 0 Å². The largest absolute Gasteiger partial charge is 0.317 e. The molecule has 0 atom stereocenters. The minimum absolute atomic E-state index is 0.0243. The Hall–Kier alpha value is -5.41. The first-order valence-corrected chi connectivity index (χ1v) is 14.9. The molecule has 2 heterocycles. The Bertz CT molecular complexity index is 2250. The van der Waals surface area contributed by atoms with E-state index in [1.54, 1.807) is 0 Å². The topological polar surface area (TPSA) is 21.1 Å². The summed E-state index contributed by atoms with van der Waals surface area (Å²) in [5.74, 6) is 0.947. The van der Waals surface area contributed by atoms with E-state index in [4.69, 9.17) is 4.98 Å². The zero-order chi connectivity index (χ0) is 28.7. The van der Waals surface area contributed by atoms with Gasteiger partial charge in [-0.15, -0.1) is 0 Å². The molecular formula is C40H29N3. The Morgan fingerprint density at radius 1 is 0.651 bits per heavy atom. The van der Waals surface area contributed by atoms with E-state index in [1.807, 2.05) is 12.1 Å². The molecule has 0 fully saturated rings. The zero-order valence-corrected chi connectivity index (χ0v) is 24.1. The lowest BCUT2D eigenvalue weighted by molar-refractivity contribution is 0.661. The molecular weight excluding hydrogens is 522 g/mol. The molecule has 0 bridgehead atoms. The standard InChI is InChI=1S/C40H29N3/c1-40(2)32-15-7-6-14-30(32)38-31-23-24-42(36-18-10-13-27(37(31)36)25-33(38)40)28-19-21-29(22-20-28)43-35-17-9-8-16-34(35)41-39(43)26-11-4-3-5-12-26/h3-25H,1-2H3. The van der Waals surface area contributed by atoms with Gasteiger partial charge in [0.05, 0.1) is 16.7 Å². The average molecular weight is 552 g/mol. The van der Waals surface area contributed by atoms with Crippen molar-refractivity contribution in [1.82, 2.24) is 9.55 Å². The summed E-state index contributed by atoms with van der Waals surface area (Å²) in [6.45, 7) is 4.71. The molecule has 0 radical (unpaired) electrons. The first-order chi connectivity index (χ1) is 21.1. The van der Waals surface area contributed by atoms with Gasteiger partial charge in [-0.2, -0.15) is 0 Å². The first kappa shape index (κ1) is 24.2. The van der Waals surface area contributed by atoms with Gasteiger partial charge in [0.1, 0.15) is 5.82 Å². The maximum Gasteiger partial charge on any atom is 0.145 e. The minimum atomic E-state index is -0.0243. The Labute approximate surface area is 251 Å². The lowest BCUT2D eigenvalue weighted by atomic mass is 9.81. The van der Waals surface area contributed by atoms with Crippen molar-refractivity contribution in [2.45, 2.75) is 19.3 Å². The number of nitrogens with zero attached hydrogens (tertiary/aromatic N) is 3. The summed E-state index contributed by atoms with van der Waals surface area (Å²) in [6, 6.07) is 45.7. The van der Waals surface area contributed by atoms with E-state index in [9.17, 15) is 0 Å². The van der Waals surface area contributed by atoms with Gasteiger partial charge in [0.15, 0.2) is 0 Å². The zero-order valence-electron chi connectivity index (χ0n) is 24.1. The molecule has 0 amide bonds. The van der Waals surface area contributed by atoms with Gasteiger partial charge < -0.3 is 4.90 Å². The number of aromatic nitrogens is 2. The van der Waals surface area contributed by atoms with Crippen LogP contribution in [-0.4, -0.2) is 9.55 Å². The second-order valence-corrected chi connectivity index (χ2v) is 12.1. The van der Waals surface area contributed by atoms with Gasteiger partial charge in [0.2, 0.25) is 0 Å². The molecule has 1 aromatic heterocycles. The van der Waals surface area contributed by atoms with Crippen molar-refractivity contribution in [3.8, 4) is 28.2 Å². The van der Waals surface area contributed by atoms with Gasteiger partial charge in [-0.05, 0) is 87.8 Å². The molecule has 0 spiro atoms. The normalized spacial score (nSPS) is 14.3. The quantitative estimate of drug-likeness (QED) is 0.218. The predicted molar refractivity (Wildman–Crippen MR) is 179 cm³/mol. The van der Waals surface area contributed by atoms with Gasteiger partial charge in [0.25, 0.3) is 0 Å². The third kappa shape index (κ3) is 3.39. The predicted octanol–water partition coefficient (Wildman–Crippen LogP) is 10.3. The van der Waals surface area contributed by atoms with Gasteiger partial charge in [0, 0.05) is 33.9 Å². The number of hydrogen-bond acceptors (Lipinski definition) is 2. The second-order valence-electron chi connectivity index (χ2n) is 12.1. The highest BCUT2D eigenvalue weighted by molar-refractivity contribution is 6.10. The van der Waals surface area contributed by atoms with Crippen molar-refractivity contribution in [3.63, 3.8) is 0 Å². The van der Waals surface area contributed by atoms with Crippen LogP contribution in [-0.2, 0) is 5.41 Å². The summed E-state index contributed by atoms with van der Waals surface area (Å²) in [5.41, 5.74) is 13.5. The fraction of sp³-hybridized carbons (Fsp3) is 0.0750. The molecule has 204 valence electrons. The number of benzene rings is 6. The molecule has 9 rings (SSSR count). The average Bonchev–Trinajstić information content (AvgIpc) is 3.55. The lowest BCUT2D eigenvalue weighted by Crippen LogP contribution is -2.16. The molecule has 0 unspecified atom stereocenters. The molecule has 6 aromatic carbocycles. The van der Waals surface area contributed by atoms with Crippen molar-refractivity contribution < 1.29 is 0 Å². The third-order valence-electron chi connectivity index (χ3n) is 9.35. The van der Waals surface area contributed by atoms with Crippen LogP contribution in [0.25, 0.3) is 56.1 Å². The van der Waals surface area contributed by atoms with E-state index in [-0.39, 0.29) is 5.41 Å². The lowest BCUT2D eigenvalue weighted by Gasteiger charge is -2.29. The van der Waals surface area contributed by atoms with E-state index < -0.39 is 0 Å². The highest BCUT2D eigenvalue weighted by Gasteiger charge is 2.38. The van der Waals surface area contributed by atoms with Gasteiger partial charge in [-0.3, -0.25) is 4.57 Å². The minimum Gasteiger partial charge on any atom is -0.317 e. The highest BCUT2D eigenvalue weighted by Crippen LogP contribution is 2.54. The van der Waals surface area contributed by atoms with Crippen LogP contribution >= 0.6 is 0 Å². The number of hydrogen-bond donors (Lipinski definition) is 0. The second kappa shape index (κ2) is 8.80. The summed E-state index contributed by atoms with van der Waals surface area (Å²) in [6.07, 6.45) is 4.56. The maximum absolute atomic E-state index is 5.02. The number of imidazole rings is 1. The van der Waals surface area contributed by atoms with E-state index in [0.717, 1.165) is 33.8 Å². The van der Waals surface area contributed by atoms with Crippen molar-refractivity contribution >= 4 is 39.3 Å². The Morgan fingerprint density at radius 2 is 1.40 bits per heavy atom. The van der Waals surface area contributed by atoms with Gasteiger partial charge in [-0.25, -0.2) is 4.98 Å². The van der Waals surface area contributed by atoms with Crippen molar-refractivity contribution in [3.05, 3.63) is 150 Å². The van der Waals surface area contributed by atoms with Gasteiger partial charge in [-0.1, -0.05) is 92.7 Å². The van der Waals surface area contributed by atoms with Crippen molar-refractivity contribution in [1.29, 1.82) is 0 Å². The molecule has 2 aliphatic rings. The summed E-state index contributed by atoms with van der Waals surface area (Å²) in [5, 5.41) is 2.60. The molecule has 7 aromatic rings. The Kier molecular flexibility index (Phi) is 4.95. The van der Waals surface area contributed by atoms with E-state index >= 15 is 0 Å². The number of anilines is 2. The van der Waals surface area contributed by atoms with Crippen LogP contribution in [0.15, 0.2) is 134 Å². The third-order valence-corrected chi connectivity index (χ3v) is 9.35. The molecule has 0 saturated heterocycles. The van der Waals surface area contributed by atoms with Crippen LogP contribution < -0.4 is 4.90 Å². The summed E-state index contributed by atoms with van der Waals surface area (Å²) < 4.78 is 2.26. The van der Waals surface area contributed by atoms with Crippen LogP contribution in [0.5, 0.6) is 0 Å². The highest BCUT2D eigenvalue weighted by atomic mass is 15.1. The summed E-state index contributed by atoms with van der Waals surface area (Å²) in [4.78, 5) is 7.34. The molecule has 1 aliphatic carbocycles. The van der Waals surface area contributed by atoms with E-state index in [1.165, 1.54) is 44.3 Å². The summed E-state index contributed by atoms with van der Waals surface area (Å²) in [7, 11) is 0. The van der Waals surface area contributed by atoms with Crippen LogP contribution in [0.4, 0.5) is 11.4 Å². The monoisotopic (exact) mass is 551 g/mol. The Balaban J connectivity index is 1.18. The fourth-order valence-electron chi connectivity index (χ4n) is 7.30. The molecule has 0 saturated carbocycles. The van der Waals surface area contributed by atoms with Crippen LogP contribution in [0.3, 0.4) is 0 Å². The Morgan fingerprint density at radius 3 is 2.26 bits per heavy atom. The maximum atomic E-state index is 5.02. The van der Waals surface area contributed by atoms with Crippen LogP contribution in [0.1, 0.15) is 30.5 Å². The van der Waals surface area contributed by atoms with E-state index in [0.29, 0.717) is 0 Å². The number of para-hydroxylation sites is 2. The number of fused-ring (bicyclic) bond motifs is 5. The molecule has 1 aliphatic heterocycles. The van der Waals surface area contributed by atoms with Crippen molar-refractivity contribution in [2.24, 2.45) is 0 Å². The molecule has 3 heteroatoms. The van der Waals surface area contributed by atoms with Crippen LogP contribution in [0.2, 0.25) is 0 Å². The van der Waals surface area contributed by atoms with E-state index in [2.05, 4.69) is 151 Å². The van der Waals surface area contributed by atoms with Crippen molar-refractivity contribution in [2.75, 3.05) is 4.90 Å². The smallest absolute Gasteiger partial charge is 0.145 e. The molecule has 0 N–H and O–H groups in total. The number of rotatable bonds is 3.